The van der Waals surface area contributed by atoms with Gasteiger partial charge >= 0.3 is 0 Å². The second-order valence-electron chi connectivity index (χ2n) is 4.12. The van der Waals surface area contributed by atoms with E-state index in [2.05, 4.69) is 34.3 Å². The molecule has 0 bridgehead atoms. The Morgan fingerprint density at radius 3 is 2.73 bits per heavy atom. The highest BCUT2D eigenvalue weighted by atomic mass is 79.9. The highest BCUT2D eigenvalue weighted by Crippen LogP contribution is 2.44. The Balaban J connectivity index is 2.28. The van der Waals surface area contributed by atoms with Crippen LogP contribution < -0.4 is 5.73 Å². The van der Waals surface area contributed by atoms with Gasteiger partial charge in [-0.3, -0.25) is 0 Å². The molecule has 0 saturated carbocycles. The molecule has 0 amide bonds. The normalized spacial score (nSPS) is 21.0. The van der Waals surface area contributed by atoms with Crippen LogP contribution in [0.3, 0.4) is 0 Å². The van der Waals surface area contributed by atoms with E-state index in [4.69, 9.17) is 10.5 Å². The highest BCUT2D eigenvalue weighted by Gasteiger charge is 2.46. The molecule has 84 valence electrons. The first-order valence-corrected chi connectivity index (χ1v) is 6.92. The molecule has 0 radical (unpaired) electrons. The number of hydrogen-bond donors (Lipinski definition) is 1. The molecule has 1 aromatic rings. The van der Waals surface area contributed by atoms with E-state index >= 15 is 0 Å². The van der Waals surface area contributed by atoms with Crippen LogP contribution in [0.2, 0.25) is 0 Å². The van der Waals surface area contributed by atoms with Crippen LogP contribution >= 0.6 is 27.3 Å². The van der Waals surface area contributed by atoms with Crippen LogP contribution in [0.1, 0.15) is 18.2 Å². The second-order valence-corrected chi connectivity index (χ2v) is 5.95. The summed E-state index contributed by atoms with van der Waals surface area (Å²) < 4.78 is 6.59. The summed E-state index contributed by atoms with van der Waals surface area (Å²) in [4.78, 5) is 1.41. The fraction of sp³-hybridized carbons (Fsp3) is 0.636. The van der Waals surface area contributed by atoms with Gasteiger partial charge in [0.25, 0.3) is 0 Å². The molecule has 1 saturated heterocycles. The minimum absolute atomic E-state index is 0.195. The average molecular weight is 290 g/mol. The number of nitrogens with two attached hydrogens (primary N) is 1. The predicted octanol–water partition coefficient (Wildman–Crippen LogP) is 2.76. The Bertz CT molecular complexity index is 331. The van der Waals surface area contributed by atoms with E-state index in [1.165, 1.54) is 9.35 Å². The van der Waals surface area contributed by atoms with E-state index in [0.29, 0.717) is 5.92 Å². The van der Waals surface area contributed by atoms with Gasteiger partial charge in [-0.1, -0.05) is 13.3 Å². The molecule has 1 fully saturated rings. The third-order valence-electron chi connectivity index (χ3n) is 3.34. The van der Waals surface area contributed by atoms with E-state index in [-0.39, 0.29) is 5.41 Å². The van der Waals surface area contributed by atoms with Crippen LogP contribution in [-0.4, -0.2) is 19.8 Å². The van der Waals surface area contributed by atoms with Crippen LogP contribution in [0, 0.1) is 5.92 Å². The summed E-state index contributed by atoms with van der Waals surface area (Å²) >= 11 is 5.32. The lowest BCUT2D eigenvalue weighted by molar-refractivity contribution is -0.0878. The van der Waals surface area contributed by atoms with Crippen LogP contribution in [0.15, 0.2) is 15.9 Å². The molecular weight excluding hydrogens is 274 g/mol. The average Bonchev–Trinajstić information content (AvgIpc) is 2.58. The van der Waals surface area contributed by atoms with Crippen LogP contribution in [0.5, 0.6) is 0 Å². The van der Waals surface area contributed by atoms with Gasteiger partial charge in [-0.15, -0.1) is 11.3 Å². The molecule has 4 heteroatoms. The monoisotopic (exact) mass is 289 g/mol. The molecule has 1 atom stereocenters. The molecule has 0 aromatic carbocycles. The Morgan fingerprint density at radius 1 is 1.67 bits per heavy atom. The van der Waals surface area contributed by atoms with Crippen molar-refractivity contribution in [2.45, 2.75) is 18.8 Å². The molecule has 2 N–H and O–H groups in total. The lowest BCUT2D eigenvalue weighted by Crippen LogP contribution is -2.53. The molecule has 15 heavy (non-hydrogen) atoms. The molecule has 1 unspecified atom stereocenters. The van der Waals surface area contributed by atoms with Gasteiger partial charge in [-0.25, -0.2) is 0 Å². The lowest BCUT2D eigenvalue weighted by atomic mass is 9.71. The number of rotatable bonds is 4. The standard InChI is InChI=1S/C11H16BrNOS/c1-2-8(4-13)11(6-14-7-11)10-3-9(12)5-15-10/h3,5,8H,2,4,6-7,13H2,1H3. The first kappa shape index (κ1) is 11.6. The summed E-state index contributed by atoms with van der Waals surface area (Å²) in [6, 6.07) is 2.21. The van der Waals surface area contributed by atoms with E-state index < -0.39 is 0 Å². The fourth-order valence-corrected chi connectivity index (χ4v) is 3.94. The summed E-state index contributed by atoms with van der Waals surface area (Å²) in [6.45, 7) is 4.61. The van der Waals surface area contributed by atoms with Gasteiger partial charge in [0.2, 0.25) is 0 Å². The second kappa shape index (κ2) is 4.53. The number of halogens is 1. The zero-order valence-electron chi connectivity index (χ0n) is 8.83. The Morgan fingerprint density at radius 2 is 2.40 bits per heavy atom. The van der Waals surface area contributed by atoms with Crippen molar-refractivity contribution >= 4 is 27.3 Å². The van der Waals surface area contributed by atoms with E-state index in [1.54, 1.807) is 0 Å². The zero-order chi connectivity index (χ0) is 10.9. The van der Waals surface area contributed by atoms with Crippen molar-refractivity contribution < 1.29 is 4.74 Å². The largest absolute Gasteiger partial charge is 0.379 e. The lowest BCUT2D eigenvalue weighted by Gasteiger charge is -2.46. The first-order chi connectivity index (χ1) is 7.23. The minimum atomic E-state index is 0.195. The smallest absolute Gasteiger partial charge is 0.0596 e. The van der Waals surface area contributed by atoms with Crippen molar-refractivity contribution in [2.24, 2.45) is 11.7 Å². The van der Waals surface area contributed by atoms with E-state index in [9.17, 15) is 0 Å². The molecule has 1 aromatic heterocycles. The van der Waals surface area contributed by atoms with Crippen molar-refractivity contribution in [1.29, 1.82) is 0 Å². The Hall–Kier alpha value is 0.1000. The third-order valence-corrected chi connectivity index (χ3v) is 5.25. The Kier molecular flexibility index (Phi) is 3.50. The number of ether oxygens (including phenoxy) is 1. The molecule has 2 rings (SSSR count). The summed E-state index contributed by atoms with van der Waals surface area (Å²) in [5, 5.41) is 2.14. The fourth-order valence-electron chi connectivity index (χ4n) is 2.26. The summed E-state index contributed by atoms with van der Waals surface area (Å²) in [5.74, 6) is 0.539. The van der Waals surface area contributed by atoms with Gasteiger partial charge < -0.3 is 10.5 Å². The molecule has 1 aliphatic heterocycles. The quantitative estimate of drug-likeness (QED) is 0.925. The summed E-state index contributed by atoms with van der Waals surface area (Å²) in [5.41, 5.74) is 6.05. The SMILES string of the molecule is CCC(CN)C1(c2cc(Br)cs2)COC1. The van der Waals surface area contributed by atoms with Crippen molar-refractivity contribution in [3.8, 4) is 0 Å². The van der Waals surface area contributed by atoms with Gasteiger partial charge in [0, 0.05) is 14.7 Å². The number of hydrogen-bond acceptors (Lipinski definition) is 3. The topological polar surface area (TPSA) is 35.2 Å². The highest BCUT2D eigenvalue weighted by molar-refractivity contribution is 9.10. The first-order valence-electron chi connectivity index (χ1n) is 5.25. The van der Waals surface area contributed by atoms with Crippen LogP contribution in [0.4, 0.5) is 0 Å². The Labute approximate surface area is 103 Å². The van der Waals surface area contributed by atoms with E-state index in [1.807, 2.05) is 11.3 Å². The molecule has 2 nitrogen and oxygen atoms in total. The van der Waals surface area contributed by atoms with Crippen LogP contribution in [-0.2, 0) is 10.2 Å². The van der Waals surface area contributed by atoms with Gasteiger partial charge in [-0.05, 0) is 34.5 Å². The van der Waals surface area contributed by atoms with Crippen LogP contribution in [0.25, 0.3) is 0 Å². The van der Waals surface area contributed by atoms with Gasteiger partial charge in [0.05, 0.1) is 18.6 Å². The molecule has 0 spiro atoms. The van der Waals surface area contributed by atoms with Gasteiger partial charge in [0.15, 0.2) is 0 Å². The zero-order valence-corrected chi connectivity index (χ0v) is 11.2. The summed E-state index contributed by atoms with van der Waals surface area (Å²) in [6.07, 6.45) is 1.12. The molecule has 1 aliphatic rings. The third kappa shape index (κ3) is 1.88. The van der Waals surface area contributed by atoms with Crippen molar-refractivity contribution in [3.63, 3.8) is 0 Å². The molecule has 0 aliphatic carbocycles. The van der Waals surface area contributed by atoms with Crippen molar-refractivity contribution in [1.82, 2.24) is 0 Å². The number of thiophene rings is 1. The summed E-state index contributed by atoms with van der Waals surface area (Å²) in [7, 11) is 0. The van der Waals surface area contributed by atoms with Gasteiger partial charge in [-0.2, -0.15) is 0 Å². The maximum atomic E-state index is 5.86. The maximum Gasteiger partial charge on any atom is 0.0596 e. The maximum absolute atomic E-state index is 5.86. The predicted molar refractivity (Wildman–Crippen MR) is 67.4 cm³/mol. The minimum Gasteiger partial charge on any atom is -0.379 e. The van der Waals surface area contributed by atoms with Crippen molar-refractivity contribution in [3.05, 3.63) is 20.8 Å². The molecule has 2 heterocycles. The molecular formula is C11H16BrNOS. The van der Waals surface area contributed by atoms with Gasteiger partial charge in [0.1, 0.15) is 0 Å². The van der Waals surface area contributed by atoms with E-state index in [0.717, 1.165) is 26.2 Å². The van der Waals surface area contributed by atoms with Crippen molar-refractivity contribution in [2.75, 3.05) is 19.8 Å².